The first kappa shape index (κ1) is 19.4. The fraction of sp³-hybridized carbons (Fsp3) is 0.318. The van der Waals surface area contributed by atoms with Crippen molar-refractivity contribution >= 4 is 11.3 Å². The molecule has 0 aliphatic heterocycles. The fourth-order valence-corrected chi connectivity index (χ4v) is 3.86. The van der Waals surface area contributed by atoms with Gasteiger partial charge in [-0.05, 0) is 35.7 Å². The Morgan fingerprint density at radius 2 is 1.74 bits per heavy atom. The number of nitrogens with one attached hydrogen (secondary N) is 1. The number of nitrogens with zero attached hydrogens (tertiary/aromatic N) is 1. The van der Waals surface area contributed by atoms with Crippen LogP contribution in [0.4, 0.5) is 0 Å². The molecule has 1 heterocycles. The summed E-state index contributed by atoms with van der Waals surface area (Å²) in [5, 5.41) is 6.78. The molecule has 1 atom stereocenters. The van der Waals surface area contributed by atoms with Gasteiger partial charge in [0, 0.05) is 23.5 Å². The molecule has 142 valence electrons. The lowest BCUT2D eigenvalue weighted by Gasteiger charge is -2.23. The molecule has 4 nitrogen and oxygen atoms in total. The molecule has 0 aliphatic carbocycles. The number of aromatic nitrogens is 1. The maximum Gasteiger partial charge on any atom is 0.123 e. The Hall–Kier alpha value is -2.37. The summed E-state index contributed by atoms with van der Waals surface area (Å²) in [6.07, 6.45) is 0. The molecule has 0 saturated heterocycles. The summed E-state index contributed by atoms with van der Waals surface area (Å²) in [5.41, 5.74) is 3.40. The highest BCUT2D eigenvalue weighted by atomic mass is 32.1. The van der Waals surface area contributed by atoms with Crippen molar-refractivity contribution in [3.63, 3.8) is 0 Å². The van der Waals surface area contributed by atoms with Crippen molar-refractivity contribution in [2.45, 2.75) is 26.4 Å². The van der Waals surface area contributed by atoms with E-state index in [1.165, 1.54) is 5.56 Å². The van der Waals surface area contributed by atoms with Crippen LogP contribution in [0, 0.1) is 5.92 Å². The predicted octanol–water partition coefficient (Wildman–Crippen LogP) is 5.31. The maximum atomic E-state index is 5.31. The van der Waals surface area contributed by atoms with Crippen molar-refractivity contribution < 1.29 is 9.47 Å². The molecule has 2 aromatic carbocycles. The molecule has 0 bridgehead atoms. The highest BCUT2D eigenvalue weighted by molar-refractivity contribution is 7.13. The van der Waals surface area contributed by atoms with E-state index < -0.39 is 0 Å². The third kappa shape index (κ3) is 4.87. The van der Waals surface area contributed by atoms with Gasteiger partial charge in [-0.25, -0.2) is 4.98 Å². The highest BCUT2D eigenvalue weighted by Crippen LogP contribution is 2.28. The number of benzene rings is 2. The maximum absolute atomic E-state index is 5.31. The Bertz CT molecular complexity index is 859. The number of methoxy groups -OCH3 is 2. The molecule has 0 radical (unpaired) electrons. The molecule has 0 amide bonds. The molecule has 1 aromatic heterocycles. The van der Waals surface area contributed by atoms with E-state index in [9.17, 15) is 0 Å². The molecule has 0 spiro atoms. The molecule has 3 aromatic rings. The summed E-state index contributed by atoms with van der Waals surface area (Å²) in [6.45, 7) is 5.19. The molecular formula is C22H26N2O2S. The summed E-state index contributed by atoms with van der Waals surface area (Å²) >= 11 is 1.66. The summed E-state index contributed by atoms with van der Waals surface area (Å²) in [4.78, 5) is 4.79. The van der Waals surface area contributed by atoms with Crippen LogP contribution < -0.4 is 14.8 Å². The van der Waals surface area contributed by atoms with Crippen LogP contribution in [0.3, 0.4) is 0 Å². The van der Waals surface area contributed by atoms with Gasteiger partial charge in [0.2, 0.25) is 0 Å². The van der Waals surface area contributed by atoms with Gasteiger partial charge in [-0.2, -0.15) is 0 Å². The minimum absolute atomic E-state index is 0.262. The molecule has 0 fully saturated rings. The first-order chi connectivity index (χ1) is 13.1. The third-order valence-corrected chi connectivity index (χ3v) is 5.45. The Kier molecular flexibility index (Phi) is 6.48. The Labute approximate surface area is 165 Å². The second-order valence-corrected chi connectivity index (χ2v) is 7.61. The largest absolute Gasteiger partial charge is 0.497 e. The lowest BCUT2D eigenvalue weighted by molar-refractivity contribution is 0.403. The Balaban J connectivity index is 1.69. The van der Waals surface area contributed by atoms with Gasteiger partial charge in [-0.3, -0.25) is 0 Å². The van der Waals surface area contributed by atoms with Gasteiger partial charge in [-0.15, -0.1) is 11.3 Å². The lowest BCUT2D eigenvalue weighted by atomic mass is 9.96. The monoisotopic (exact) mass is 382 g/mol. The van der Waals surface area contributed by atoms with E-state index in [1.807, 2.05) is 30.3 Å². The third-order valence-electron chi connectivity index (χ3n) is 4.51. The van der Waals surface area contributed by atoms with Gasteiger partial charge in [-0.1, -0.05) is 38.1 Å². The van der Waals surface area contributed by atoms with Gasteiger partial charge < -0.3 is 14.8 Å². The van der Waals surface area contributed by atoms with Gasteiger partial charge in [0.15, 0.2) is 0 Å². The van der Waals surface area contributed by atoms with Gasteiger partial charge in [0.05, 0.1) is 19.9 Å². The summed E-state index contributed by atoms with van der Waals surface area (Å²) in [6, 6.07) is 16.5. The van der Waals surface area contributed by atoms with Crippen molar-refractivity contribution in [2.24, 2.45) is 5.92 Å². The number of rotatable bonds is 8. The van der Waals surface area contributed by atoms with E-state index in [2.05, 4.69) is 42.7 Å². The molecular weight excluding hydrogens is 356 g/mol. The Morgan fingerprint density at radius 3 is 2.41 bits per heavy atom. The standard InChI is InChI=1S/C22H26N2O2S/c1-15(2)21(16-8-10-19(25-3)11-9-16)23-13-18-14-27-22(24-18)17-6-5-7-20(12-17)26-4/h5-12,14-15,21,23H,13H2,1-4H3. The van der Waals surface area contributed by atoms with E-state index in [1.54, 1.807) is 25.6 Å². The zero-order valence-electron chi connectivity index (χ0n) is 16.2. The van der Waals surface area contributed by atoms with Crippen LogP contribution >= 0.6 is 11.3 Å². The minimum Gasteiger partial charge on any atom is -0.497 e. The average molecular weight is 383 g/mol. The second kappa shape index (κ2) is 9.02. The quantitative estimate of drug-likeness (QED) is 0.573. The van der Waals surface area contributed by atoms with Gasteiger partial charge in [0.1, 0.15) is 16.5 Å². The molecule has 1 unspecified atom stereocenters. The van der Waals surface area contributed by atoms with E-state index in [4.69, 9.17) is 14.5 Å². The summed E-state index contributed by atoms with van der Waals surface area (Å²) < 4.78 is 10.6. The first-order valence-electron chi connectivity index (χ1n) is 9.07. The molecule has 0 saturated carbocycles. The van der Waals surface area contributed by atoms with Crippen LogP contribution in [0.1, 0.15) is 31.1 Å². The highest BCUT2D eigenvalue weighted by Gasteiger charge is 2.16. The van der Waals surface area contributed by atoms with E-state index in [-0.39, 0.29) is 6.04 Å². The van der Waals surface area contributed by atoms with Gasteiger partial charge in [0.25, 0.3) is 0 Å². The lowest BCUT2D eigenvalue weighted by Crippen LogP contribution is -2.25. The fourth-order valence-electron chi connectivity index (χ4n) is 3.04. The van der Waals surface area contributed by atoms with Crippen molar-refractivity contribution in [3.05, 3.63) is 65.2 Å². The zero-order valence-corrected chi connectivity index (χ0v) is 17.0. The predicted molar refractivity (Wildman–Crippen MR) is 112 cm³/mol. The van der Waals surface area contributed by atoms with E-state index in [0.29, 0.717) is 5.92 Å². The number of hydrogen-bond donors (Lipinski definition) is 1. The van der Waals surface area contributed by atoms with Crippen LogP contribution in [0.15, 0.2) is 53.9 Å². The molecule has 27 heavy (non-hydrogen) atoms. The van der Waals surface area contributed by atoms with Crippen LogP contribution in [-0.4, -0.2) is 19.2 Å². The van der Waals surface area contributed by atoms with Crippen molar-refractivity contribution in [2.75, 3.05) is 14.2 Å². The van der Waals surface area contributed by atoms with E-state index >= 15 is 0 Å². The topological polar surface area (TPSA) is 43.4 Å². The average Bonchev–Trinajstić information content (AvgIpc) is 3.17. The van der Waals surface area contributed by atoms with E-state index in [0.717, 1.165) is 34.3 Å². The zero-order chi connectivity index (χ0) is 19.2. The molecule has 5 heteroatoms. The van der Waals surface area contributed by atoms with Crippen LogP contribution in [0.2, 0.25) is 0 Å². The van der Waals surface area contributed by atoms with Crippen LogP contribution in [0.5, 0.6) is 11.5 Å². The Morgan fingerprint density at radius 1 is 1.00 bits per heavy atom. The van der Waals surface area contributed by atoms with Crippen molar-refractivity contribution in [3.8, 4) is 22.1 Å². The number of thiazole rings is 1. The summed E-state index contributed by atoms with van der Waals surface area (Å²) in [7, 11) is 3.37. The smallest absolute Gasteiger partial charge is 0.123 e. The van der Waals surface area contributed by atoms with Crippen molar-refractivity contribution in [1.29, 1.82) is 0 Å². The summed E-state index contributed by atoms with van der Waals surface area (Å²) in [5.74, 6) is 2.19. The first-order valence-corrected chi connectivity index (χ1v) is 9.95. The molecule has 1 N–H and O–H groups in total. The second-order valence-electron chi connectivity index (χ2n) is 6.75. The molecule has 0 aliphatic rings. The van der Waals surface area contributed by atoms with Crippen molar-refractivity contribution in [1.82, 2.24) is 10.3 Å². The number of hydrogen-bond acceptors (Lipinski definition) is 5. The minimum atomic E-state index is 0.262. The SMILES string of the molecule is COc1ccc(C(NCc2csc(-c3cccc(OC)c3)n2)C(C)C)cc1. The van der Waals surface area contributed by atoms with Gasteiger partial charge >= 0.3 is 0 Å². The normalized spacial score (nSPS) is 12.2. The number of ether oxygens (including phenoxy) is 2. The molecule has 3 rings (SSSR count). The van der Waals surface area contributed by atoms with Crippen LogP contribution in [-0.2, 0) is 6.54 Å². The van der Waals surface area contributed by atoms with Crippen LogP contribution in [0.25, 0.3) is 10.6 Å².